The molecule has 0 aliphatic rings. The molecule has 0 unspecified atom stereocenters. The molecule has 0 amide bonds. The number of aromatic hydroxyl groups is 2. The first-order valence-electron chi connectivity index (χ1n) is 11.5. The third kappa shape index (κ3) is 5.37. The minimum absolute atomic E-state index is 0.160. The topological polar surface area (TPSA) is 74.6 Å². The highest BCUT2D eigenvalue weighted by atomic mass is 35.5. The van der Waals surface area contributed by atoms with Gasteiger partial charge in [0.15, 0.2) is 11.6 Å². The van der Waals surface area contributed by atoms with E-state index in [1.54, 1.807) is 0 Å². The number of rotatable bonds is 6. The Labute approximate surface area is 238 Å². The zero-order valence-corrected chi connectivity index (χ0v) is 21.8. The predicted molar refractivity (Wildman–Crippen MR) is 139 cm³/mol. The fraction of sp³-hybridized carbons (Fsp3) is 0.103. The average Bonchev–Trinajstić information content (AvgIpc) is 2.89. The lowest BCUT2D eigenvalue weighted by atomic mass is 9.71. The molecular formula is C29H16Cl2F6O4. The maximum Gasteiger partial charge on any atom is 0.411 e. The number of ketones is 2. The average molecular weight is 613 g/mol. The molecule has 4 aromatic carbocycles. The van der Waals surface area contributed by atoms with Crippen molar-refractivity contribution in [3.05, 3.63) is 128 Å². The summed E-state index contributed by atoms with van der Waals surface area (Å²) in [6.07, 6.45) is -12.2. The van der Waals surface area contributed by atoms with Gasteiger partial charge in [-0.05, 0) is 83.9 Å². The zero-order chi connectivity index (χ0) is 30.3. The molecule has 0 radical (unpaired) electrons. The maximum atomic E-state index is 14.8. The highest BCUT2D eigenvalue weighted by molar-refractivity contribution is 6.31. The van der Waals surface area contributed by atoms with Crippen LogP contribution in [0.2, 0.25) is 10.0 Å². The summed E-state index contributed by atoms with van der Waals surface area (Å²) in [5, 5.41) is 21.0. The molecule has 0 heterocycles. The molecule has 2 N–H and O–H groups in total. The van der Waals surface area contributed by atoms with Crippen LogP contribution in [0.4, 0.5) is 26.3 Å². The Hall–Kier alpha value is -4.02. The van der Waals surface area contributed by atoms with Gasteiger partial charge in [0.2, 0.25) is 5.41 Å². The van der Waals surface area contributed by atoms with Gasteiger partial charge in [0.1, 0.15) is 11.5 Å². The second-order valence-electron chi connectivity index (χ2n) is 8.88. The van der Waals surface area contributed by atoms with Gasteiger partial charge in [-0.1, -0.05) is 35.3 Å². The Morgan fingerprint density at radius 3 is 1.15 bits per heavy atom. The molecular weight excluding hydrogens is 597 g/mol. The Bertz CT molecular complexity index is 1510. The third-order valence-corrected chi connectivity index (χ3v) is 6.92. The van der Waals surface area contributed by atoms with Crippen LogP contribution in [0.5, 0.6) is 11.5 Å². The standard InChI is InChI=1S/C29H16Cl2F6O4/c30-19-7-1-15(2-8-19)25(40)21-13-17(5-11-23(21)38)27(28(32,33)34,29(35,36)37)18-6-12-24(39)22(14-18)26(41)16-3-9-20(31)10-4-16/h1-14,38-39H. The molecule has 0 aliphatic heterocycles. The maximum absolute atomic E-state index is 14.8. The Kier molecular flexibility index (Phi) is 7.86. The molecule has 0 bridgehead atoms. The lowest BCUT2D eigenvalue weighted by Crippen LogP contribution is -2.54. The van der Waals surface area contributed by atoms with E-state index in [1.165, 1.54) is 48.5 Å². The van der Waals surface area contributed by atoms with Crippen LogP contribution >= 0.6 is 23.2 Å². The van der Waals surface area contributed by atoms with Crippen LogP contribution in [-0.4, -0.2) is 34.1 Å². The van der Waals surface area contributed by atoms with Gasteiger partial charge in [0.05, 0.1) is 11.1 Å². The summed E-state index contributed by atoms with van der Waals surface area (Å²) in [6.45, 7) is 0. The second-order valence-corrected chi connectivity index (χ2v) is 9.75. The monoisotopic (exact) mass is 612 g/mol. The van der Waals surface area contributed by atoms with Crippen molar-refractivity contribution in [3.63, 3.8) is 0 Å². The Morgan fingerprint density at radius 2 is 0.854 bits per heavy atom. The lowest BCUT2D eigenvalue weighted by molar-refractivity contribution is -0.288. The molecule has 212 valence electrons. The van der Waals surface area contributed by atoms with Crippen molar-refractivity contribution < 1.29 is 46.1 Å². The van der Waals surface area contributed by atoms with Gasteiger partial charge in [-0.25, -0.2) is 0 Å². The molecule has 4 rings (SSSR count). The summed E-state index contributed by atoms with van der Waals surface area (Å²) >= 11 is 11.6. The van der Waals surface area contributed by atoms with E-state index < -0.39 is 63.1 Å². The van der Waals surface area contributed by atoms with E-state index in [-0.39, 0.29) is 21.2 Å². The van der Waals surface area contributed by atoms with Crippen molar-refractivity contribution in [2.24, 2.45) is 0 Å². The van der Waals surface area contributed by atoms with E-state index in [0.29, 0.717) is 36.4 Å². The number of carbonyl (C=O) groups is 2. The van der Waals surface area contributed by atoms with Crippen LogP contribution < -0.4 is 0 Å². The van der Waals surface area contributed by atoms with E-state index in [0.717, 1.165) is 0 Å². The van der Waals surface area contributed by atoms with Crippen molar-refractivity contribution in [2.45, 2.75) is 17.8 Å². The minimum atomic E-state index is -6.08. The van der Waals surface area contributed by atoms with Gasteiger partial charge >= 0.3 is 12.4 Å². The largest absolute Gasteiger partial charge is 0.507 e. The molecule has 0 aliphatic carbocycles. The first-order chi connectivity index (χ1) is 19.1. The van der Waals surface area contributed by atoms with Gasteiger partial charge in [-0.2, -0.15) is 26.3 Å². The van der Waals surface area contributed by atoms with Crippen LogP contribution in [0, 0.1) is 0 Å². The zero-order valence-electron chi connectivity index (χ0n) is 20.3. The van der Waals surface area contributed by atoms with Crippen molar-refractivity contribution in [2.75, 3.05) is 0 Å². The lowest BCUT2D eigenvalue weighted by Gasteiger charge is -2.38. The molecule has 0 saturated carbocycles. The van der Waals surface area contributed by atoms with Crippen molar-refractivity contribution in [1.82, 2.24) is 0 Å². The summed E-state index contributed by atoms with van der Waals surface area (Å²) in [5.41, 5.74) is -9.69. The number of benzene rings is 4. The number of phenolic OH excluding ortho intramolecular Hbond substituents is 2. The smallest absolute Gasteiger partial charge is 0.411 e. The molecule has 4 aromatic rings. The first kappa shape index (κ1) is 30.0. The summed E-state index contributed by atoms with van der Waals surface area (Å²) in [7, 11) is 0. The van der Waals surface area contributed by atoms with E-state index in [1.807, 2.05) is 0 Å². The summed E-state index contributed by atoms with van der Waals surface area (Å²) in [4.78, 5) is 26.0. The normalized spacial score (nSPS) is 12.3. The van der Waals surface area contributed by atoms with Crippen molar-refractivity contribution >= 4 is 34.8 Å². The molecule has 0 fully saturated rings. The van der Waals surface area contributed by atoms with Crippen molar-refractivity contribution in [3.8, 4) is 11.5 Å². The van der Waals surface area contributed by atoms with Gasteiger partial charge < -0.3 is 10.2 Å². The van der Waals surface area contributed by atoms with Gasteiger partial charge in [0, 0.05) is 21.2 Å². The first-order valence-corrected chi connectivity index (χ1v) is 12.2. The summed E-state index contributed by atoms with van der Waals surface area (Å²) in [6, 6.07) is 12.4. The summed E-state index contributed by atoms with van der Waals surface area (Å²) < 4.78 is 88.8. The fourth-order valence-electron chi connectivity index (χ4n) is 4.40. The number of hydrogen-bond donors (Lipinski definition) is 2. The van der Waals surface area contributed by atoms with Gasteiger partial charge in [-0.3, -0.25) is 9.59 Å². The van der Waals surface area contributed by atoms with Crippen LogP contribution in [0.15, 0.2) is 84.9 Å². The molecule has 0 saturated heterocycles. The molecule has 0 aromatic heterocycles. The van der Waals surface area contributed by atoms with E-state index in [2.05, 4.69) is 0 Å². The molecule has 0 spiro atoms. The summed E-state index contributed by atoms with van der Waals surface area (Å²) in [5.74, 6) is -3.86. The Balaban J connectivity index is 1.98. The van der Waals surface area contributed by atoms with Crippen LogP contribution in [0.25, 0.3) is 0 Å². The number of halogens is 8. The molecule has 41 heavy (non-hydrogen) atoms. The predicted octanol–water partition coefficient (Wildman–Crippen LogP) is 8.28. The van der Waals surface area contributed by atoms with Crippen LogP contribution in [0.1, 0.15) is 43.0 Å². The third-order valence-electron chi connectivity index (χ3n) is 6.41. The number of alkyl halides is 6. The van der Waals surface area contributed by atoms with E-state index in [4.69, 9.17) is 23.2 Å². The van der Waals surface area contributed by atoms with Crippen molar-refractivity contribution in [1.29, 1.82) is 0 Å². The number of phenols is 2. The molecule has 12 heteroatoms. The van der Waals surface area contributed by atoms with Gasteiger partial charge in [0.25, 0.3) is 0 Å². The van der Waals surface area contributed by atoms with Crippen LogP contribution in [0.3, 0.4) is 0 Å². The SMILES string of the molecule is O=C(c1ccc(Cl)cc1)c1cc(C(c2ccc(O)c(C(=O)c3ccc(Cl)cc3)c2)(C(F)(F)F)C(F)(F)F)ccc1O. The molecule has 4 nitrogen and oxygen atoms in total. The van der Waals surface area contributed by atoms with E-state index >= 15 is 0 Å². The molecule has 0 atom stereocenters. The number of hydrogen-bond acceptors (Lipinski definition) is 4. The number of carbonyl (C=O) groups excluding carboxylic acids is 2. The second kappa shape index (κ2) is 10.8. The fourth-order valence-corrected chi connectivity index (χ4v) is 4.65. The van der Waals surface area contributed by atoms with E-state index in [9.17, 15) is 46.1 Å². The van der Waals surface area contributed by atoms with Gasteiger partial charge in [-0.15, -0.1) is 0 Å². The minimum Gasteiger partial charge on any atom is -0.507 e. The quantitative estimate of drug-likeness (QED) is 0.170. The highest BCUT2D eigenvalue weighted by Crippen LogP contribution is 2.57. The van der Waals surface area contributed by atoms with Crippen LogP contribution in [-0.2, 0) is 5.41 Å². The highest BCUT2D eigenvalue weighted by Gasteiger charge is 2.72. The Morgan fingerprint density at radius 1 is 0.537 bits per heavy atom.